The van der Waals surface area contributed by atoms with Crippen molar-refractivity contribution in [3.05, 3.63) is 71.8 Å². The third-order valence-corrected chi connectivity index (χ3v) is 4.73. The van der Waals surface area contributed by atoms with Crippen LogP contribution in [0.4, 0.5) is 4.39 Å². The van der Waals surface area contributed by atoms with Crippen LogP contribution in [-0.4, -0.2) is 43.0 Å². The Labute approximate surface area is 182 Å². The molecular weight excluding hydrogens is 399 g/mol. The predicted octanol–water partition coefficient (Wildman–Crippen LogP) is 2.61. The highest BCUT2D eigenvalue weighted by molar-refractivity contribution is 5.93. The molecule has 0 radical (unpaired) electrons. The van der Waals surface area contributed by atoms with E-state index in [1.165, 1.54) is 0 Å². The molecule has 7 heteroatoms. The number of carbonyl (C=O) groups excluding carboxylic acids is 3. The van der Waals surface area contributed by atoms with Crippen molar-refractivity contribution in [1.82, 2.24) is 10.6 Å². The van der Waals surface area contributed by atoms with Gasteiger partial charge >= 0.3 is 0 Å². The summed E-state index contributed by atoms with van der Waals surface area (Å²) < 4.78 is 18.5. The molecule has 2 atom stereocenters. The topological polar surface area (TPSA) is 84.5 Å². The zero-order valence-corrected chi connectivity index (χ0v) is 17.8. The van der Waals surface area contributed by atoms with Gasteiger partial charge in [0, 0.05) is 0 Å². The smallest absolute Gasteiger partial charge is 0.246 e. The number of benzene rings is 2. The molecule has 2 aromatic rings. The lowest BCUT2D eigenvalue weighted by Crippen LogP contribution is -2.55. The first-order valence-electron chi connectivity index (χ1n) is 10.2. The normalized spacial score (nSPS) is 12.8. The summed E-state index contributed by atoms with van der Waals surface area (Å²) in [5.41, 5.74) is 1.73. The van der Waals surface area contributed by atoms with Gasteiger partial charge in [-0.25, -0.2) is 4.39 Å². The Morgan fingerprint density at radius 1 is 0.903 bits per heavy atom. The van der Waals surface area contributed by atoms with Crippen molar-refractivity contribution >= 4 is 17.6 Å². The average molecular weight is 429 g/mol. The van der Waals surface area contributed by atoms with E-state index in [9.17, 15) is 18.8 Å². The van der Waals surface area contributed by atoms with E-state index in [1.807, 2.05) is 36.4 Å². The standard InChI is InChI=1S/C24H29FN2O4/c1-17(2)23(27-22(29)16-31-15-19-11-7-4-8-12-19)24(30)26-20(21(28)14-25)13-18-9-5-3-6-10-18/h3-12,17,20,23H,13-16H2,1-2H3,(H,26,30)(H,27,29)/t20?,23-/m0/s1. The number of rotatable bonds is 12. The van der Waals surface area contributed by atoms with Gasteiger partial charge in [-0.1, -0.05) is 74.5 Å². The average Bonchev–Trinajstić information content (AvgIpc) is 2.77. The molecule has 0 aliphatic heterocycles. The maximum absolute atomic E-state index is 13.1. The maximum atomic E-state index is 13.1. The van der Waals surface area contributed by atoms with Crippen LogP contribution in [0, 0.1) is 5.92 Å². The monoisotopic (exact) mass is 428 g/mol. The molecule has 0 fully saturated rings. The third kappa shape index (κ3) is 8.30. The molecule has 0 spiro atoms. The van der Waals surface area contributed by atoms with Crippen molar-refractivity contribution in [1.29, 1.82) is 0 Å². The van der Waals surface area contributed by atoms with Gasteiger partial charge in [0.15, 0.2) is 5.78 Å². The van der Waals surface area contributed by atoms with Crippen molar-refractivity contribution in [3.63, 3.8) is 0 Å². The summed E-state index contributed by atoms with van der Waals surface area (Å²) in [6.45, 7) is 2.44. The van der Waals surface area contributed by atoms with Crippen LogP contribution in [-0.2, 0) is 32.1 Å². The van der Waals surface area contributed by atoms with E-state index in [0.717, 1.165) is 11.1 Å². The fourth-order valence-corrected chi connectivity index (χ4v) is 3.04. The molecule has 1 unspecified atom stereocenters. The molecule has 0 aliphatic carbocycles. The summed E-state index contributed by atoms with van der Waals surface area (Å²) in [6.07, 6.45) is 0.175. The van der Waals surface area contributed by atoms with E-state index in [2.05, 4.69) is 10.6 Å². The van der Waals surface area contributed by atoms with Gasteiger partial charge in [0.25, 0.3) is 0 Å². The highest BCUT2D eigenvalue weighted by Gasteiger charge is 2.28. The molecule has 2 N–H and O–H groups in total. The summed E-state index contributed by atoms with van der Waals surface area (Å²) in [7, 11) is 0. The molecule has 31 heavy (non-hydrogen) atoms. The van der Waals surface area contributed by atoms with Crippen molar-refractivity contribution in [2.24, 2.45) is 5.92 Å². The number of hydrogen-bond acceptors (Lipinski definition) is 4. The maximum Gasteiger partial charge on any atom is 0.246 e. The van der Waals surface area contributed by atoms with E-state index in [1.54, 1.807) is 38.1 Å². The number of carbonyl (C=O) groups is 3. The zero-order valence-electron chi connectivity index (χ0n) is 17.8. The number of alkyl halides is 1. The van der Waals surface area contributed by atoms with Gasteiger partial charge in [-0.3, -0.25) is 14.4 Å². The molecule has 2 aromatic carbocycles. The fourth-order valence-electron chi connectivity index (χ4n) is 3.04. The van der Waals surface area contributed by atoms with Crippen LogP contribution < -0.4 is 10.6 Å². The summed E-state index contributed by atoms with van der Waals surface area (Å²) in [5, 5.41) is 5.25. The quantitative estimate of drug-likeness (QED) is 0.544. The molecule has 6 nitrogen and oxygen atoms in total. The first kappa shape index (κ1) is 24.2. The molecule has 0 heterocycles. The Bertz CT molecular complexity index is 843. The second-order valence-electron chi connectivity index (χ2n) is 7.62. The van der Waals surface area contributed by atoms with Crippen LogP contribution >= 0.6 is 0 Å². The molecule has 2 rings (SSSR count). The lowest BCUT2D eigenvalue weighted by Gasteiger charge is -2.25. The fraction of sp³-hybridized carbons (Fsp3) is 0.375. The predicted molar refractivity (Wildman–Crippen MR) is 116 cm³/mol. The molecule has 166 valence electrons. The number of ether oxygens (including phenoxy) is 1. The minimum absolute atomic E-state index is 0.175. The number of ketones is 1. The van der Waals surface area contributed by atoms with Gasteiger partial charge < -0.3 is 15.4 Å². The first-order chi connectivity index (χ1) is 14.9. The molecule has 0 aromatic heterocycles. The number of amides is 2. The molecule has 0 saturated heterocycles. The molecule has 2 amide bonds. The Kier molecular flexibility index (Phi) is 9.84. The lowest BCUT2D eigenvalue weighted by molar-refractivity contribution is -0.134. The molecule has 0 saturated carbocycles. The first-order valence-corrected chi connectivity index (χ1v) is 10.2. The van der Waals surface area contributed by atoms with E-state index < -0.39 is 36.4 Å². The van der Waals surface area contributed by atoms with Gasteiger partial charge in [0.1, 0.15) is 19.3 Å². The van der Waals surface area contributed by atoms with Gasteiger partial charge in [-0.2, -0.15) is 0 Å². The van der Waals surface area contributed by atoms with E-state index in [0.29, 0.717) is 0 Å². The van der Waals surface area contributed by atoms with Crippen molar-refractivity contribution in [2.75, 3.05) is 13.3 Å². The van der Waals surface area contributed by atoms with Crippen molar-refractivity contribution in [3.8, 4) is 0 Å². The van der Waals surface area contributed by atoms with Crippen LogP contribution in [0.25, 0.3) is 0 Å². The highest BCUT2D eigenvalue weighted by atomic mass is 19.1. The largest absolute Gasteiger partial charge is 0.367 e. The van der Waals surface area contributed by atoms with Gasteiger partial charge in [0.2, 0.25) is 11.8 Å². The second kappa shape index (κ2) is 12.6. The molecule has 0 bridgehead atoms. The van der Waals surface area contributed by atoms with E-state index in [-0.39, 0.29) is 25.6 Å². The van der Waals surface area contributed by atoms with Crippen molar-refractivity contribution < 1.29 is 23.5 Å². The second-order valence-corrected chi connectivity index (χ2v) is 7.62. The number of hydrogen-bond donors (Lipinski definition) is 2. The minimum atomic E-state index is -1.18. The lowest BCUT2D eigenvalue weighted by atomic mass is 9.99. The summed E-state index contributed by atoms with van der Waals surface area (Å²) in [5.74, 6) is -1.93. The third-order valence-electron chi connectivity index (χ3n) is 4.73. The van der Waals surface area contributed by atoms with Gasteiger partial charge in [-0.05, 0) is 23.5 Å². The Balaban J connectivity index is 1.93. The SMILES string of the molecule is CC(C)[C@H](NC(=O)COCc1ccccc1)C(=O)NC(Cc1ccccc1)C(=O)CF. The van der Waals surface area contributed by atoms with E-state index >= 15 is 0 Å². The molecule has 0 aliphatic rings. The van der Waals surface area contributed by atoms with Crippen molar-refractivity contribution in [2.45, 2.75) is 39.0 Å². The summed E-state index contributed by atoms with van der Waals surface area (Å²) in [6, 6.07) is 16.6. The van der Waals surface area contributed by atoms with Gasteiger partial charge in [-0.15, -0.1) is 0 Å². The zero-order chi connectivity index (χ0) is 22.6. The number of halogens is 1. The van der Waals surface area contributed by atoms with Crippen LogP contribution in [0.5, 0.6) is 0 Å². The Hall–Kier alpha value is -3.06. The highest BCUT2D eigenvalue weighted by Crippen LogP contribution is 2.08. The minimum Gasteiger partial charge on any atom is -0.367 e. The molecular formula is C24H29FN2O4. The summed E-state index contributed by atoms with van der Waals surface area (Å²) in [4.78, 5) is 37.1. The van der Waals surface area contributed by atoms with Crippen LogP contribution in [0.3, 0.4) is 0 Å². The van der Waals surface area contributed by atoms with Crippen LogP contribution in [0.1, 0.15) is 25.0 Å². The van der Waals surface area contributed by atoms with E-state index in [4.69, 9.17) is 4.74 Å². The van der Waals surface area contributed by atoms with Gasteiger partial charge in [0.05, 0.1) is 12.6 Å². The Morgan fingerprint density at radius 2 is 1.48 bits per heavy atom. The van der Waals surface area contributed by atoms with Crippen LogP contribution in [0.15, 0.2) is 60.7 Å². The number of Topliss-reactive ketones (excluding diaryl/α,β-unsaturated/α-hetero) is 1. The number of nitrogens with one attached hydrogen (secondary N) is 2. The Morgan fingerprint density at radius 3 is 2.03 bits per heavy atom. The summed E-state index contributed by atoms with van der Waals surface area (Å²) >= 11 is 0. The van der Waals surface area contributed by atoms with Crippen LogP contribution in [0.2, 0.25) is 0 Å².